The number of para-hydroxylation sites is 1. The summed E-state index contributed by atoms with van der Waals surface area (Å²) in [6, 6.07) is 9.75. The molecule has 0 amide bonds. The number of nitrogens with zero attached hydrogens (tertiary/aromatic N) is 1. The van der Waals surface area contributed by atoms with E-state index in [1.807, 2.05) is 0 Å². The van der Waals surface area contributed by atoms with Crippen LogP contribution in [0.4, 0.5) is 5.69 Å². The average Bonchev–Trinajstić information content (AvgIpc) is 2.66. The zero-order valence-electron chi connectivity index (χ0n) is 13.1. The third kappa shape index (κ3) is 3.97. The predicted octanol–water partition coefficient (Wildman–Crippen LogP) is 2.84. The molecule has 0 fully saturated rings. The molecule has 0 aliphatic carbocycles. The third-order valence-electron chi connectivity index (χ3n) is 3.96. The number of hydrogen-bond acceptors (Lipinski definition) is 3. The molecule has 20 heavy (non-hydrogen) atoms. The quantitative estimate of drug-likeness (QED) is 0.864. The van der Waals surface area contributed by atoms with Crippen LogP contribution in [0, 0.1) is 0 Å². The Morgan fingerprint density at radius 1 is 1.25 bits per heavy atom. The number of aryl methyl sites for hydroxylation is 1. The van der Waals surface area contributed by atoms with Crippen molar-refractivity contribution in [2.75, 3.05) is 31.7 Å². The molecule has 1 unspecified atom stereocenters. The van der Waals surface area contributed by atoms with Crippen LogP contribution in [-0.2, 0) is 11.2 Å². The molecule has 1 aromatic carbocycles. The van der Waals surface area contributed by atoms with Gasteiger partial charge in [0.05, 0.1) is 12.6 Å². The normalized spacial score (nSPS) is 16.9. The first-order valence-corrected chi connectivity index (χ1v) is 7.79. The van der Waals surface area contributed by atoms with Crippen LogP contribution in [0.2, 0.25) is 0 Å². The molecular formula is C17H28N2O. The Kier molecular flexibility index (Phi) is 5.86. The van der Waals surface area contributed by atoms with Crippen molar-refractivity contribution >= 4 is 5.69 Å². The molecule has 0 saturated carbocycles. The summed E-state index contributed by atoms with van der Waals surface area (Å²) in [5.41, 5.74) is 2.88. The van der Waals surface area contributed by atoms with Crippen LogP contribution < -0.4 is 10.2 Å². The Morgan fingerprint density at radius 3 is 2.80 bits per heavy atom. The maximum Gasteiger partial charge on any atom is 0.0678 e. The smallest absolute Gasteiger partial charge is 0.0678 e. The fourth-order valence-corrected chi connectivity index (χ4v) is 2.92. The van der Waals surface area contributed by atoms with Crippen LogP contribution >= 0.6 is 0 Å². The van der Waals surface area contributed by atoms with Gasteiger partial charge in [-0.3, -0.25) is 0 Å². The number of methoxy groups -OCH3 is 1. The van der Waals surface area contributed by atoms with Gasteiger partial charge in [-0.25, -0.2) is 0 Å². The summed E-state index contributed by atoms with van der Waals surface area (Å²) in [5, 5.41) is 3.56. The zero-order chi connectivity index (χ0) is 14.4. The number of ether oxygens (including phenoxy) is 1. The molecule has 112 valence electrons. The molecule has 1 aliphatic heterocycles. The second-order valence-electron chi connectivity index (χ2n) is 5.95. The van der Waals surface area contributed by atoms with Crippen molar-refractivity contribution in [1.82, 2.24) is 5.32 Å². The second kappa shape index (κ2) is 7.65. The summed E-state index contributed by atoms with van der Waals surface area (Å²) >= 11 is 0. The van der Waals surface area contributed by atoms with Crippen LogP contribution in [0.25, 0.3) is 0 Å². The van der Waals surface area contributed by atoms with Gasteiger partial charge in [-0.1, -0.05) is 32.0 Å². The van der Waals surface area contributed by atoms with Gasteiger partial charge >= 0.3 is 0 Å². The lowest BCUT2D eigenvalue weighted by Crippen LogP contribution is -2.47. The monoisotopic (exact) mass is 276 g/mol. The molecule has 1 aromatic rings. The first kappa shape index (κ1) is 15.3. The standard InChI is InChI=1S/C17H28N2O/c1-14(2)18-12-16(13-20-3)19-11-7-6-9-15-8-4-5-10-17(15)19/h4-5,8,10,14,16,18H,6-7,9,11-13H2,1-3H3. The van der Waals surface area contributed by atoms with Gasteiger partial charge in [0.2, 0.25) is 0 Å². The highest BCUT2D eigenvalue weighted by atomic mass is 16.5. The lowest BCUT2D eigenvalue weighted by Gasteiger charge is -2.34. The zero-order valence-corrected chi connectivity index (χ0v) is 13.1. The Morgan fingerprint density at radius 2 is 2.05 bits per heavy atom. The van der Waals surface area contributed by atoms with E-state index >= 15 is 0 Å². The van der Waals surface area contributed by atoms with Crippen LogP contribution in [-0.4, -0.2) is 38.9 Å². The molecule has 2 rings (SSSR count). The summed E-state index contributed by atoms with van der Waals surface area (Å²) in [5.74, 6) is 0. The fourth-order valence-electron chi connectivity index (χ4n) is 2.92. The Hall–Kier alpha value is -1.06. The largest absolute Gasteiger partial charge is 0.383 e. The summed E-state index contributed by atoms with van der Waals surface area (Å²) in [7, 11) is 1.80. The Labute approximate surface area is 123 Å². The molecule has 0 bridgehead atoms. The van der Waals surface area contributed by atoms with Crippen molar-refractivity contribution in [2.45, 2.75) is 45.2 Å². The van der Waals surface area contributed by atoms with E-state index in [1.54, 1.807) is 7.11 Å². The van der Waals surface area contributed by atoms with Gasteiger partial charge in [0.15, 0.2) is 0 Å². The Balaban J connectivity index is 2.18. The van der Waals surface area contributed by atoms with Gasteiger partial charge in [0, 0.05) is 31.9 Å². The molecule has 1 heterocycles. The van der Waals surface area contributed by atoms with Gasteiger partial charge in [0.1, 0.15) is 0 Å². The van der Waals surface area contributed by atoms with E-state index < -0.39 is 0 Å². The molecule has 3 nitrogen and oxygen atoms in total. The van der Waals surface area contributed by atoms with E-state index in [0.29, 0.717) is 12.1 Å². The topological polar surface area (TPSA) is 24.5 Å². The van der Waals surface area contributed by atoms with E-state index in [2.05, 4.69) is 48.3 Å². The van der Waals surface area contributed by atoms with Crippen LogP contribution in [0.3, 0.4) is 0 Å². The van der Waals surface area contributed by atoms with Crippen molar-refractivity contribution < 1.29 is 4.74 Å². The SMILES string of the molecule is COCC(CNC(C)C)N1CCCCc2ccccc21. The molecule has 0 saturated heterocycles. The number of nitrogens with one attached hydrogen (secondary N) is 1. The van der Waals surface area contributed by atoms with Gasteiger partial charge in [-0.15, -0.1) is 0 Å². The number of fused-ring (bicyclic) bond motifs is 1. The number of anilines is 1. The van der Waals surface area contributed by atoms with Crippen molar-refractivity contribution in [3.63, 3.8) is 0 Å². The van der Waals surface area contributed by atoms with Crippen LogP contribution in [0.1, 0.15) is 32.3 Å². The predicted molar refractivity (Wildman–Crippen MR) is 85.5 cm³/mol. The molecule has 1 atom stereocenters. The lowest BCUT2D eigenvalue weighted by molar-refractivity contribution is 0.174. The van der Waals surface area contributed by atoms with Gasteiger partial charge in [0.25, 0.3) is 0 Å². The summed E-state index contributed by atoms with van der Waals surface area (Å²) in [4.78, 5) is 2.54. The minimum atomic E-state index is 0.404. The second-order valence-corrected chi connectivity index (χ2v) is 5.95. The maximum atomic E-state index is 5.46. The molecule has 0 aromatic heterocycles. The van der Waals surface area contributed by atoms with Crippen molar-refractivity contribution in [1.29, 1.82) is 0 Å². The van der Waals surface area contributed by atoms with E-state index in [1.165, 1.54) is 30.5 Å². The molecule has 0 spiro atoms. The minimum Gasteiger partial charge on any atom is -0.383 e. The van der Waals surface area contributed by atoms with E-state index in [0.717, 1.165) is 19.7 Å². The highest BCUT2D eigenvalue weighted by Crippen LogP contribution is 2.27. The fraction of sp³-hybridized carbons (Fsp3) is 0.647. The lowest BCUT2D eigenvalue weighted by atomic mass is 10.1. The van der Waals surface area contributed by atoms with Crippen molar-refractivity contribution in [3.8, 4) is 0 Å². The Bertz CT molecular complexity index is 406. The maximum absolute atomic E-state index is 5.46. The molecule has 1 N–H and O–H groups in total. The molecular weight excluding hydrogens is 248 g/mol. The summed E-state index contributed by atoms with van der Waals surface area (Å²) in [6.07, 6.45) is 3.74. The van der Waals surface area contributed by atoms with E-state index in [9.17, 15) is 0 Å². The first-order chi connectivity index (χ1) is 9.72. The van der Waals surface area contributed by atoms with Crippen LogP contribution in [0.5, 0.6) is 0 Å². The third-order valence-corrected chi connectivity index (χ3v) is 3.96. The van der Waals surface area contributed by atoms with Gasteiger partial charge in [-0.05, 0) is 30.9 Å². The molecule has 0 radical (unpaired) electrons. The number of rotatable bonds is 6. The first-order valence-electron chi connectivity index (χ1n) is 7.79. The van der Waals surface area contributed by atoms with Crippen LogP contribution in [0.15, 0.2) is 24.3 Å². The van der Waals surface area contributed by atoms with Gasteiger partial charge in [-0.2, -0.15) is 0 Å². The number of benzene rings is 1. The minimum absolute atomic E-state index is 0.404. The van der Waals surface area contributed by atoms with E-state index in [-0.39, 0.29) is 0 Å². The highest BCUT2D eigenvalue weighted by Gasteiger charge is 2.22. The molecule has 1 aliphatic rings. The highest BCUT2D eigenvalue weighted by molar-refractivity contribution is 5.55. The summed E-state index contributed by atoms with van der Waals surface area (Å²) < 4.78 is 5.46. The van der Waals surface area contributed by atoms with Gasteiger partial charge < -0.3 is 15.0 Å². The van der Waals surface area contributed by atoms with E-state index in [4.69, 9.17) is 4.74 Å². The summed E-state index contributed by atoms with van der Waals surface area (Å²) in [6.45, 7) is 7.26. The number of hydrogen-bond donors (Lipinski definition) is 1. The average molecular weight is 276 g/mol. The van der Waals surface area contributed by atoms with Crippen molar-refractivity contribution in [2.24, 2.45) is 0 Å². The van der Waals surface area contributed by atoms with Crippen molar-refractivity contribution in [3.05, 3.63) is 29.8 Å². The molecule has 3 heteroatoms.